The number of likely N-dealkylation sites (tertiary alicyclic amines) is 1. The molecule has 1 saturated heterocycles. The van der Waals surface area contributed by atoms with E-state index in [1.807, 2.05) is 20.8 Å². The number of carbonyl (C=O) groups is 2. The fourth-order valence-electron chi connectivity index (χ4n) is 3.13. The highest BCUT2D eigenvalue weighted by Crippen LogP contribution is 2.45. The molecule has 1 aliphatic heterocycles. The van der Waals surface area contributed by atoms with Crippen molar-refractivity contribution < 1.29 is 19.4 Å². The third kappa shape index (κ3) is 5.07. The van der Waals surface area contributed by atoms with E-state index >= 15 is 0 Å². The third-order valence-corrected chi connectivity index (χ3v) is 4.52. The van der Waals surface area contributed by atoms with Crippen LogP contribution in [-0.4, -0.2) is 47.4 Å². The Morgan fingerprint density at radius 3 is 2.32 bits per heavy atom. The number of hydrogen-bond donors (Lipinski definition) is 2. The Labute approximate surface area is 132 Å². The first kappa shape index (κ1) is 16.9. The van der Waals surface area contributed by atoms with E-state index in [0.717, 1.165) is 25.2 Å². The molecule has 0 atom stereocenters. The highest BCUT2D eigenvalue weighted by molar-refractivity contribution is 5.67. The molecule has 1 saturated carbocycles. The summed E-state index contributed by atoms with van der Waals surface area (Å²) < 4.78 is 5.30. The zero-order chi connectivity index (χ0) is 16.4. The van der Waals surface area contributed by atoms with E-state index in [0.29, 0.717) is 19.6 Å². The van der Waals surface area contributed by atoms with Gasteiger partial charge in [-0.1, -0.05) is 12.8 Å². The molecule has 0 spiro atoms. The van der Waals surface area contributed by atoms with Gasteiger partial charge in [0.15, 0.2) is 0 Å². The molecule has 0 bridgehead atoms. The average molecular weight is 312 g/mol. The zero-order valence-corrected chi connectivity index (χ0v) is 13.9. The lowest BCUT2D eigenvalue weighted by Gasteiger charge is -2.41. The number of nitrogens with one attached hydrogen (secondary N) is 1. The summed E-state index contributed by atoms with van der Waals surface area (Å²) in [6.07, 6.45) is 3.99. The second-order valence-electron chi connectivity index (χ2n) is 7.77. The fourth-order valence-corrected chi connectivity index (χ4v) is 3.13. The summed E-state index contributed by atoms with van der Waals surface area (Å²) in [4.78, 5) is 24.4. The van der Waals surface area contributed by atoms with E-state index in [1.165, 1.54) is 17.7 Å². The number of hydrogen-bond acceptors (Lipinski definition) is 3. The van der Waals surface area contributed by atoms with Gasteiger partial charge in [-0.25, -0.2) is 9.59 Å². The number of carbonyl (C=O) groups excluding carboxylic acids is 1. The number of rotatable bonds is 4. The first-order chi connectivity index (χ1) is 10.2. The average Bonchev–Trinajstić information content (AvgIpc) is 3.19. The molecule has 1 aliphatic carbocycles. The van der Waals surface area contributed by atoms with Crippen molar-refractivity contribution in [2.24, 2.45) is 11.3 Å². The highest BCUT2D eigenvalue weighted by atomic mass is 16.6. The van der Waals surface area contributed by atoms with Crippen molar-refractivity contribution in [3.63, 3.8) is 0 Å². The van der Waals surface area contributed by atoms with Gasteiger partial charge in [0.25, 0.3) is 0 Å². The van der Waals surface area contributed by atoms with Crippen LogP contribution in [0.5, 0.6) is 0 Å². The summed E-state index contributed by atoms with van der Waals surface area (Å²) in [7, 11) is 0. The van der Waals surface area contributed by atoms with E-state index < -0.39 is 11.7 Å². The molecule has 2 N–H and O–H groups in total. The van der Waals surface area contributed by atoms with Crippen molar-refractivity contribution in [1.82, 2.24) is 10.2 Å². The second-order valence-corrected chi connectivity index (χ2v) is 7.77. The van der Waals surface area contributed by atoms with Crippen LogP contribution in [0.1, 0.15) is 52.9 Å². The second kappa shape index (κ2) is 6.34. The van der Waals surface area contributed by atoms with Crippen molar-refractivity contribution in [3.05, 3.63) is 0 Å². The zero-order valence-electron chi connectivity index (χ0n) is 13.9. The SMILES string of the molecule is CC(C)(C)OC(=O)NCC1(CC2CC2)CCN(C(=O)O)CC1. The molecule has 2 amide bonds. The van der Waals surface area contributed by atoms with E-state index in [2.05, 4.69) is 5.32 Å². The van der Waals surface area contributed by atoms with Gasteiger partial charge >= 0.3 is 12.2 Å². The van der Waals surface area contributed by atoms with Gasteiger partial charge in [0, 0.05) is 19.6 Å². The molecule has 1 heterocycles. The quantitative estimate of drug-likeness (QED) is 0.836. The maximum absolute atomic E-state index is 11.9. The minimum Gasteiger partial charge on any atom is -0.465 e. The maximum atomic E-state index is 11.9. The van der Waals surface area contributed by atoms with Crippen LogP contribution in [-0.2, 0) is 4.74 Å². The molecule has 0 unspecified atom stereocenters. The first-order valence-corrected chi connectivity index (χ1v) is 8.14. The van der Waals surface area contributed by atoms with Gasteiger partial charge in [-0.2, -0.15) is 0 Å². The standard InChI is InChI=1S/C16H28N2O4/c1-15(2,3)22-13(19)17-11-16(10-12-4-5-12)6-8-18(9-7-16)14(20)21/h12H,4-11H2,1-3H3,(H,17,19)(H,20,21). The Bertz CT molecular complexity index is 418. The molecule has 2 fully saturated rings. The van der Waals surface area contributed by atoms with E-state index in [9.17, 15) is 9.59 Å². The molecule has 126 valence electrons. The van der Waals surface area contributed by atoms with Crippen molar-refractivity contribution in [1.29, 1.82) is 0 Å². The number of piperidine rings is 1. The van der Waals surface area contributed by atoms with Crippen molar-refractivity contribution in [2.75, 3.05) is 19.6 Å². The van der Waals surface area contributed by atoms with Gasteiger partial charge in [-0.15, -0.1) is 0 Å². The van der Waals surface area contributed by atoms with Crippen molar-refractivity contribution in [2.45, 2.75) is 58.5 Å². The molecule has 0 aromatic carbocycles. The third-order valence-electron chi connectivity index (χ3n) is 4.52. The molecular formula is C16H28N2O4. The number of ether oxygens (including phenoxy) is 1. The van der Waals surface area contributed by atoms with E-state index in [1.54, 1.807) is 0 Å². The minimum absolute atomic E-state index is 0.0179. The molecule has 0 aromatic heterocycles. The molecule has 6 nitrogen and oxygen atoms in total. The van der Waals surface area contributed by atoms with Crippen LogP contribution in [0.25, 0.3) is 0 Å². The van der Waals surface area contributed by atoms with Gasteiger partial charge in [-0.05, 0) is 51.4 Å². The fraction of sp³-hybridized carbons (Fsp3) is 0.875. The molecular weight excluding hydrogens is 284 g/mol. The van der Waals surface area contributed by atoms with Crippen LogP contribution >= 0.6 is 0 Å². The smallest absolute Gasteiger partial charge is 0.407 e. The van der Waals surface area contributed by atoms with Crippen LogP contribution < -0.4 is 5.32 Å². The molecule has 22 heavy (non-hydrogen) atoms. The Hall–Kier alpha value is -1.46. The van der Waals surface area contributed by atoms with E-state index in [4.69, 9.17) is 9.84 Å². The molecule has 0 aromatic rings. The van der Waals surface area contributed by atoms with Gasteiger partial charge in [0.05, 0.1) is 0 Å². The van der Waals surface area contributed by atoms with Gasteiger partial charge in [0.1, 0.15) is 5.60 Å². The first-order valence-electron chi connectivity index (χ1n) is 8.14. The maximum Gasteiger partial charge on any atom is 0.407 e. The van der Waals surface area contributed by atoms with Gasteiger partial charge in [-0.3, -0.25) is 0 Å². The topological polar surface area (TPSA) is 78.9 Å². The Morgan fingerprint density at radius 1 is 1.27 bits per heavy atom. The summed E-state index contributed by atoms with van der Waals surface area (Å²) in [5, 5.41) is 12.0. The van der Waals surface area contributed by atoms with Crippen LogP contribution in [0.3, 0.4) is 0 Å². The van der Waals surface area contributed by atoms with Crippen LogP contribution in [0.2, 0.25) is 0 Å². The van der Waals surface area contributed by atoms with Crippen molar-refractivity contribution >= 4 is 12.2 Å². The van der Waals surface area contributed by atoms with Crippen LogP contribution in [0.15, 0.2) is 0 Å². The lowest BCUT2D eigenvalue weighted by Crippen LogP contribution is -2.48. The van der Waals surface area contributed by atoms with Gasteiger partial charge < -0.3 is 20.1 Å². The summed E-state index contributed by atoms with van der Waals surface area (Å²) in [5.41, 5.74) is -0.482. The van der Waals surface area contributed by atoms with Crippen molar-refractivity contribution in [3.8, 4) is 0 Å². The number of amides is 2. The number of carboxylic acid groups (broad SMARTS) is 1. The predicted octanol–water partition coefficient (Wildman–Crippen LogP) is 3.07. The molecule has 2 aliphatic rings. The molecule has 6 heteroatoms. The van der Waals surface area contributed by atoms with Crippen LogP contribution in [0.4, 0.5) is 9.59 Å². The monoisotopic (exact) mass is 312 g/mol. The highest BCUT2D eigenvalue weighted by Gasteiger charge is 2.40. The summed E-state index contributed by atoms with van der Waals surface area (Å²) in [6.45, 7) is 7.22. The van der Waals surface area contributed by atoms with Gasteiger partial charge in [0.2, 0.25) is 0 Å². The lowest BCUT2D eigenvalue weighted by atomic mass is 9.74. The summed E-state index contributed by atoms with van der Waals surface area (Å²) >= 11 is 0. The van der Waals surface area contributed by atoms with E-state index in [-0.39, 0.29) is 11.5 Å². The Kier molecular flexibility index (Phi) is 4.87. The number of nitrogens with zero attached hydrogens (tertiary/aromatic N) is 1. The lowest BCUT2D eigenvalue weighted by molar-refractivity contribution is 0.0427. The summed E-state index contributed by atoms with van der Waals surface area (Å²) in [6, 6.07) is 0. The molecule has 2 rings (SSSR count). The Morgan fingerprint density at radius 2 is 1.86 bits per heavy atom. The summed E-state index contributed by atoms with van der Waals surface area (Å²) in [5.74, 6) is 0.747. The largest absolute Gasteiger partial charge is 0.465 e. The predicted molar refractivity (Wildman–Crippen MR) is 82.8 cm³/mol. The Balaban J connectivity index is 1.89. The molecule has 0 radical (unpaired) electrons. The number of alkyl carbamates (subject to hydrolysis) is 1. The minimum atomic E-state index is -0.847. The van der Waals surface area contributed by atoms with Crippen LogP contribution in [0, 0.1) is 11.3 Å². The normalized spacial score (nSPS) is 21.3.